The highest BCUT2D eigenvalue weighted by atomic mass is 35.5. The molecule has 0 radical (unpaired) electrons. The molecule has 1 amide bonds. The first-order chi connectivity index (χ1) is 14.6. The van der Waals surface area contributed by atoms with Crippen LogP contribution in [-0.4, -0.2) is 37.0 Å². The minimum Gasteiger partial charge on any atom is -0.482 e. The van der Waals surface area contributed by atoms with Crippen LogP contribution in [0.5, 0.6) is 5.75 Å². The molecule has 30 heavy (non-hydrogen) atoms. The second kappa shape index (κ2) is 9.05. The van der Waals surface area contributed by atoms with Crippen LogP contribution >= 0.6 is 11.6 Å². The van der Waals surface area contributed by atoms with Crippen molar-refractivity contribution in [1.82, 2.24) is 4.90 Å². The van der Waals surface area contributed by atoms with E-state index in [-0.39, 0.29) is 29.5 Å². The molecule has 0 bridgehead atoms. The third-order valence-electron chi connectivity index (χ3n) is 5.00. The third-order valence-corrected chi connectivity index (χ3v) is 5.26. The van der Waals surface area contributed by atoms with Crippen LogP contribution in [0.15, 0.2) is 76.1 Å². The number of benzene rings is 2. The van der Waals surface area contributed by atoms with Gasteiger partial charge in [0, 0.05) is 43.0 Å². The quantitative estimate of drug-likeness (QED) is 0.622. The van der Waals surface area contributed by atoms with Gasteiger partial charge in [0.05, 0.1) is 0 Å². The summed E-state index contributed by atoms with van der Waals surface area (Å²) in [5.41, 5.74) is 1.63. The summed E-state index contributed by atoms with van der Waals surface area (Å²) < 4.78 is 11.0. The molecule has 4 rings (SSSR count). The number of amides is 1. The van der Waals surface area contributed by atoms with E-state index < -0.39 is 0 Å². The highest BCUT2D eigenvalue weighted by Gasteiger charge is 2.24. The molecule has 1 saturated heterocycles. The number of hydrogen-bond donors (Lipinski definition) is 0. The van der Waals surface area contributed by atoms with Crippen molar-refractivity contribution in [3.63, 3.8) is 0 Å². The van der Waals surface area contributed by atoms with Gasteiger partial charge in [-0.3, -0.25) is 9.59 Å². The van der Waals surface area contributed by atoms with Crippen LogP contribution in [0.4, 0.5) is 5.69 Å². The van der Waals surface area contributed by atoms with E-state index >= 15 is 0 Å². The molecule has 0 saturated carbocycles. The molecule has 6 nitrogen and oxygen atoms in total. The van der Waals surface area contributed by atoms with Gasteiger partial charge < -0.3 is 19.0 Å². The first kappa shape index (κ1) is 20.0. The van der Waals surface area contributed by atoms with Crippen molar-refractivity contribution in [2.75, 3.05) is 31.1 Å². The summed E-state index contributed by atoms with van der Waals surface area (Å²) in [4.78, 5) is 29.0. The van der Waals surface area contributed by atoms with Gasteiger partial charge >= 0.3 is 0 Å². The number of nitrogens with zero attached hydrogens (tertiary/aromatic N) is 2. The zero-order chi connectivity index (χ0) is 20.9. The molecule has 0 aliphatic carbocycles. The number of carbonyl (C=O) groups excluding carboxylic acids is 1. The average Bonchev–Trinajstić information content (AvgIpc) is 2.79. The van der Waals surface area contributed by atoms with Crippen molar-refractivity contribution < 1.29 is 13.9 Å². The molecular formula is C23H21ClN2O4. The molecule has 1 aliphatic rings. The predicted octanol–water partition coefficient (Wildman–Crippen LogP) is 3.83. The van der Waals surface area contributed by atoms with Crippen LogP contribution in [0.25, 0.3) is 0 Å². The Morgan fingerprint density at radius 1 is 1.00 bits per heavy atom. The van der Waals surface area contributed by atoms with E-state index in [1.54, 1.807) is 4.90 Å². The van der Waals surface area contributed by atoms with E-state index in [4.69, 9.17) is 20.8 Å². The Kier molecular flexibility index (Phi) is 6.05. The van der Waals surface area contributed by atoms with E-state index in [2.05, 4.69) is 4.90 Å². The minimum atomic E-state index is -0.375. The molecule has 3 aromatic rings. The maximum absolute atomic E-state index is 12.7. The van der Waals surface area contributed by atoms with Gasteiger partial charge in [0.25, 0.3) is 5.91 Å². The molecule has 2 heterocycles. The summed E-state index contributed by atoms with van der Waals surface area (Å²) in [6, 6.07) is 18.4. The number of halogens is 1. The van der Waals surface area contributed by atoms with E-state index in [1.807, 2.05) is 54.6 Å². The Morgan fingerprint density at radius 3 is 2.37 bits per heavy atom. The van der Waals surface area contributed by atoms with E-state index in [1.165, 1.54) is 12.3 Å². The fourth-order valence-corrected chi connectivity index (χ4v) is 3.45. The summed E-state index contributed by atoms with van der Waals surface area (Å²) in [5, 5.41) is 0.693. The fraction of sp³-hybridized carbons (Fsp3) is 0.217. The SMILES string of the molecule is O=C(c1cc(=O)c(OCc2ccccc2)co1)N1CCN(c2ccc(Cl)cc2)CC1. The van der Waals surface area contributed by atoms with Crippen molar-refractivity contribution in [2.45, 2.75) is 6.61 Å². The molecule has 2 aromatic carbocycles. The highest BCUT2D eigenvalue weighted by molar-refractivity contribution is 6.30. The van der Waals surface area contributed by atoms with E-state index in [0.29, 0.717) is 31.2 Å². The van der Waals surface area contributed by atoms with Gasteiger partial charge in [0.15, 0.2) is 5.76 Å². The van der Waals surface area contributed by atoms with Gasteiger partial charge in [0.1, 0.15) is 12.9 Å². The molecule has 1 fully saturated rings. The van der Waals surface area contributed by atoms with Crippen molar-refractivity contribution >= 4 is 23.2 Å². The summed E-state index contributed by atoms with van der Waals surface area (Å²) in [6.45, 7) is 2.71. The topological polar surface area (TPSA) is 63.0 Å². The summed E-state index contributed by atoms with van der Waals surface area (Å²) >= 11 is 5.94. The van der Waals surface area contributed by atoms with Gasteiger partial charge in [-0.25, -0.2) is 0 Å². The third kappa shape index (κ3) is 4.66. The van der Waals surface area contributed by atoms with E-state index in [9.17, 15) is 9.59 Å². The number of anilines is 1. The molecule has 0 atom stereocenters. The van der Waals surface area contributed by atoms with Crippen molar-refractivity contribution in [3.8, 4) is 5.75 Å². The summed E-state index contributed by atoms with van der Waals surface area (Å²) in [7, 11) is 0. The minimum absolute atomic E-state index is 0.0204. The van der Waals surface area contributed by atoms with Gasteiger partial charge in [-0.1, -0.05) is 41.9 Å². The second-order valence-corrected chi connectivity index (χ2v) is 7.44. The summed E-state index contributed by atoms with van der Waals surface area (Å²) in [5.74, 6) is -0.188. The Labute approximate surface area is 179 Å². The van der Waals surface area contributed by atoms with Crippen LogP contribution in [0, 0.1) is 0 Å². The molecule has 7 heteroatoms. The Hall–Kier alpha value is -3.25. The largest absolute Gasteiger partial charge is 0.482 e. The monoisotopic (exact) mass is 424 g/mol. The lowest BCUT2D eigenvalue weighted by Crippen LogP contribution is -2.48. The Bertz CT molecular complexity index is 1060. The first-order valence-corrected chi connectivity index (χ1v) is 10.1. The Balaban J connectivity index is 1.36. The molecule has 154 valence electrons. The standard InChI is InChI=1S/C23H21ClN2O4/c24-18-6-8-19(9-7-18)25-10-12-26(13-11-25)23(28)21-14-20(27)22(16-30-21)29-15-17-4-2-1-3-5-17/h1-9,14,16H,10-13,15H2. The maximum Gasteiger partial charge on any atom is 0.289 e. The number of ether oxygens (including phenoxy) is 1. The smallest absolute Gasteiger partial charge is 0.289 e. The fourth-order valence-electron chi connectivity index (χ4n) is 3.33. The van der Waals surface area contributed by atoms with Crippen LogP contribution in [0.3, 0.4) is 0 Å². The molecule has 1 aromatic heterocycles. The van der Waals surface area contributed by atoms with Crippen molar-refractivity contribution in [1.29, 1.82) is 0 Å². The average molecular weight is 425 g/mol. The number of rotatable bonds is 5. The molecule has 0 spiro atoms. The zero-order valence-corrected chi connectivity index (χ0v) is 17.0. The van der Waals surface area contributed by atoms with E-state index in [0.717, 1.165) is 11.3 Å². The molecule has 1 aliphatic heterocycles. The normalized spacial score (nSPS) is 13.9. The molecule has 0 N–H and O–H groups in total. The number of piperazine rings is 1. The van der Waals surface area contributed by atoms with Crippen LogP contribution in [0.2, 0.25) is 5.02 Å². The van der Waals surface area contributed by atoms with Crippen LogP contribution in [0.1, 0.15) is 16.1 Å². The first-order valence-electron chi connectivity index (χ1n) is 9.69. The van der Waals surface area contributed by atoms with Gasteiger partial charge in [0.2, 0.25) is 11.2 Å². The van der Waals surface area contributed by atoms with Gasteiger partial charge in [-0.2, -0.15) is 0 Å². The van der Waals surface area contributed by atoms with Crippen molar-refractivity contribution in [2.24, 2.45) is 0 Å². The van der Waals surface area contributed by atoms with Crippen molar-refractivity contribution in [3.05, 3.63) is 93.5 Å². The summed E-state index contributed by atoms with van der Waals surface area (Å²) in [6.07, 6.45) is 1.21. The van der Waals surface area contributed by atoms with Gasteiger partial charge in [-0.05, 0) is 29.8 Å². The lowest BCUT2D eigenvalue weighted by molar-refractivity contribution is 0.0711. The highest BCUT2D eigenvalue weighted by Crippen LogP contribution is 2.20. The Morgan fingerprint density at radius 2 is 1.70 bits per heavy atom. The number of carbonyl (C=O) groups is 1. The lowest BCUT2D eigenvalue weighted by atomic mass is 10.2. The predicted molar refractivity (Wildman–Crippen MR) is 115 cm³/mol. The second-order valence-electron chi connectivity index (χ2n) is 7.00. The molecule has 0 unspecified atom stereocenters. The van der Waals surface area contributed by atoms with Crippen LogP contribution in [-0.2, 0) is 6.61 Å². The number of hydrogen-bond acceptors (Lipinski definition) is 5. The lowest BCUT2D eigenvalue weighted by Gasteiger charge is -2.35. The zero-order valence-electron chi connectivity index (χ0n) is 16.3. The molecular weight excluding hydrogens is 404 g/mol. The maximum atomic E-state index is 12.7. The van der Waals surface area contributed by atoms with Crippen LogP contribution < -0.4 is 15.1 Å². The van der Waals surface area contributed by atoms with Gasteiger partial charge in [-0.15, -0.1) is 0 Å².